The number of carboxylic acids is 1. The molecule has 0 aliphatic rings. The van der Waals surface area contributed by atoms with E-state index in [-0.39, 0.29) is 6.61 Å². The summed E-state index contributed by atoms with van der Waals surface area (Å²) in [6.45, 7) is 2.30. The van der Waals surface area contributed by atoms with Crippen molar-refractivity contribution in [1.82, 2.24) is 0 Å². The van der Waals surface area contributed by atoms with Crippen LogP contribution in [0.4, 0.5) is 0 Å². The molecule has 2 unspecified atom stereocenters. The van der Waals surface area contributed by atoms with Gasteiger partial charge in [0, 0.05) is 6.61 Å². The minimum atomic E-state index is -1.35. The minimum Gasteiger partial charge on any atom is -0.481 e. The third-order valence-electron chi connectivity index (χ3n) is 4.37. The summed E-state index contributed by atoms with van der Waals surface area (Å²) in [4.78, 5) is 23.3. The predicted octanol–water partition coefficient (Wildman–Crippen LogP) is 3.87. The van der Waals surface area contributed by atoms with Gasteiger partial charge in [0.25, 0.3) is 0 Å². The maximum Gasteiger partial charge on any atom is 0.317 e. The Labute approximate surface area is 152 Å². The topological polar surface area (TPSA) is 94.8 Å². The highest BCUT2D eigenvalue weighted by molar-refractivity contribution is 6.04. The molecule has 0 aromatic carbocycles. The molecule has 0 radical (unpaired) electrons. The standard InChI is InChI=1S/C20H36O5/c1-2-3-11-14-17(22)19(20(24)25)18(23)15-12-9-7-5-4-6-8-10-13-16-21/h12,15,17,19,21-22H,2-11,13-14,16H2,1H3,(H,24,25). The molecule has 0 aromatic rings. The van der Waals surface area contributed by atoms with Crippen molar-refractivity contribution in [1.29, 1.82) is 0 Å². The molecular weight excluding hydrogens is 320 g/mol. The van der Waals surface area contributed by atoms with Gasteiger partial charge in [-0.15, -0.1) is 0 Å². The number of carbonyl (C=O) groups excluding carboxylic acids is 1. The van der Waals surface area contributed by atoms with Crippen molar-refractivity contribution in [3.05, 3.63) is 12.2 Å². The molecule has 5 nitrogen and oxygen atoms in total. The number of carbonyl (C=O) groups is 2. The van der Waals surface area contributed by atoms with Gasteiger partial charge >= 0.3 is 5.97 Å². The first kappa shape index (κ1) is 23.8. The van der Waals surface area contributed by atoms with Crippen molar-refractivity contribution in [2.24, 2.45) is 5.92 Å². The van der Waals surface area contributed by atoms with E-state index in [0.29, 0.717) is 6.42 Å². The van der Waals surface area contributed by atoms with E-state index in [9.17, 15) is 19.8 Å². The van der Waals surface area contributed by atoms with Crippen LogP contribution in [0.25, 0.3) is 0 Å². The van der Waals surface area contributed by atoms with Crippen molar-refractivity contribution in [3.8, 4) is 0 Å². The zero-order valence-corrected chi connectivity index (χ0v) is 15.7. The Morgan fingerprint density at radius 1 is 0.920 bits per heavy atom. The van der Waals surface area contributed by atoms with Crippen LogP contribution >= 0.6 is 0 Å². The lowest BCUT2D eigenvalue weighted by molar-refractivity contribution is -0.149. The molecule has 0 fully saturated rings. The third-order valence-corrected chi connectivity index (χ3v) is 4.37. The maximum absolute atomic E-state index is 12.0. The molecule has 2 atom stereocenters. The van der Waals surface area contributed by atoms with Crippen LogP contribution in [0, 0.1) is 5.92 Å². The van der Waals surface area contributed by atoms with E-state index in [1.54, 1.807) is 6.08 Å². The molecule has 0 saturated heterocycles. The quantitative estimate of drug-likeness (QED) is 0.209. The Morgan fingerprint density at radius 3 is 2.08 bits per heavy atom. The number of allylic oxidation sites excluding steroid dienone is 2. The molecule has 25 heavy (non-hydrogen) atoms. The van der Waals surface area contributed by atoms with Gasteiger partial charge in [0.2, 0.25) is 0 Å². The molecule has 3 N–H and O–H groups in total. The van der Waals surface area contributed by atoms with Crippen LogP contribution in [0.2, 0.25) is 0 Å². The highest BCUT2D eigenvalue weighted by Gasteiger charge is 2.31. The Morgan fingerprint density at radius 2 is 1.52 bits per heavy atom. The Hall–Kier alpha value is -1.20. The molecule has 146 valence electrons. The van der Waals surface area contributed by atoms with Crippen molar-refractivity contribution >= 4 is 11.8 Å². The predicted molar refractivity (Wildman–Crippen MR) is 99.4 cm³/mol. The van der Waals surface area contributed by atoms with E-state index in [0.717, 1.165) is 70.6 Å². The Balaban J connectivity index is 4.00. The number of hydrogen-bond donors (Lipinski definition) is 3. The first-order valence-electron chi connectivity index (χ1n) is 9.76. The number of aliphatic carboxylic acids is 1. The number of unbranched alkanes of at least 4 members (excludes halogenated alkanes) is 9. The zero-order valence-electron chi connectivity index (χ0n) is 15.7. The van der Waals surface area contributed by atoms with E-state index in [4.69, 9.17) is 5.11 Å². The van der Waals surface area contributed by atoms with E-state index in [2.05, 4.69) is 0 Å². The highest BCUT2D eigenvalue weighted by Crippen LogP contribution is 2.15. The summed E-state index contributed by atoms with van der Waals surface area (Å²) in [7, 11) is 0. The molecule has 0 rings (SSSR count). The monoisotopic (exact) mass is 356 g/mol. The molecule has 5 heteroatoms. The zero-order chi connectivity index (χ0) is 18.9. The van der Waals surface area contributed by atoms with E-state index >= 15 is 0 Å². The fourth-order valence-corrected chi connectivity index (χ4v) is 2.81. The van der Waals surface area contributed by atoms with Gasteiger partial charge in [0.1, 0.15) is 5.92 Å². The van der Waals surface area contributed by atoms with Crippen LogP contribution in [0.3, 0.4) is 0 Å². The smallest absolute Gasteiger partial charge is 0.317 e. The summed E-state index contributed by atoms with van der Waals surface area (Å²) in [6.07, 6.45) is 13.1. The average molecular weight is 357 g/mol. The first-order valence-corrected chi connectivity index (χ1v) is 9.76. The van der Waals surface area contributed by atoms with Gasteiger partial charge in [-0.3, -0.25) is 9.59 Å². The number of aliphatic hydroxyl groups is 2. The second-order valence-corrected chi connectivity index (χ2v) is 6.67. The lowest BCUT2D eigenvalue weighted by Gasteiger charge is -2.16. The lowest BCUT2D eigenvalue weighted by Crippen LogP contribution is -2.34. The fraction of sp³-hybridized carbons (Fsp3) is 0.800. The summed E-state index contributed by atoms with van der Waals surface area (Å²) in [5.74, 6) is -3.11. The van der Waals surface area contributed by atoms with Gasteiger partial charge in [0.15, 0.2) is 5.78 Å². The molecular formula is C20H36O5. The fourth-order valence-electron chi connectivity index (χ4n) is 2.81. The van der Waals surface area contributed by atoms with Gasteiger partial charge in [0.05, 0.1) is 6.10 Å². The van der Waals surface area contributed by atoms with Gasteiger partial charge < -0.3 is 15.3 Å². The number of ketones is 1. The van der Waals surface area contributed by atoms with Crippen molar-refractivity contribution in [2.45, 2.75) is 90.1 Å². The molecule has 0 bridgehead atoms. The number of carboxylic acid groups (broad SMARTS) is 1. The highest BCUT2D eigenvalue weighted by atomic mass is 16.4. The summed E-state index contributed by atoms with van der Waals surface area (Å²) >= 11 is 0. The normalized spacial score (nSPS) is 13.9. The molecule has 0 aliphatic heterocycles. The second kappa shape index (κ2) is 16.3. The SMILES string of the molecule is CCCCCC(O)C(C(=O)O)C(=O)C=CCCCCCCCCCO. The largest absolute Gasteiger partial charge is 0.481 e. The lowest BCUT2D eigenvalue weighted by atomic mass is 9.93. The van der Waals surface area contributed by atoms with Crippen molar-refractivity contribution < 1.29 is 24.9 Å². The van der Waals surface area contributed by atoms with Crippen LogP contribution in [-0.2, 0) is 9.59 Å². The van der Waals surface area contributed by atoms with Gasteiger partial charge in [-0.05, 0) is 31.8 Å². The molecule has 0 amide bonds. The Bertz CT molecular complexity index is 378. The molecule has 0 spiro atoms. The molecule has 0 heterocycles. The van der Waals surface area contributed by atoms with Gasteiger partial charge in [-0.25, -0.2) is 0 Å². The third kappa shape index (κ3) is 12.8. The van der Waals surface area contributed by atoms with Crippen molar-refractivity contribution in [3.63, 3.8) is 0 Å². The molecule has 0 aliphatic carbocycles. The van der Waals surface area contributed by atoms with Crippen LogP contribution in [0.15, 0.2) is 12.2 Å². The van der Waals surface area contributed by atoms with Crippen molar-refractivity contribution in [2.75, 3.05) is 6.61 Å². The minimum absolute atomic E-state index is 0.267. The van der Waals surface area contributed by atoms with E-state index in [1.165, 1.54) is 6.08 Å². The van der Waals surface area contributed by atoms with Crippen LogP contribution in [0.5, 0.6) is 0 Å². The Kier molecular flexibility index (Phi) is 15.5. The van der Waals surface area contributed by atoms with Crippen LogP contribution in [-0.4, -0.2) is 39.8 Å². The number of rotatable bonds is 17. The molecule has 0 aromatic heterocycles. The maximum atomic E-state index is 12.0. The summed E-state index contributed by atoms with van der Waals surface area (Å²) < 4.78 is 0. The average Bonchev–Trinajstić information content (AvgIpc) is 2.56. The summed E-state index contributed by atoms with van der Waals surface area (Å²) in [5, 5.41) is 27.9. The van der Waals surface area contributed by atoms with Gasteiger partial charge in [-0.2, -0.15) is 0 Å². The second-order valence-electron chi connectivity index (χ2n) is 6.67. The van der Waals surface area contributed by atoms with E-state index < -0.39 is 23.8 Å². The molecule has 0 saturated carbocycles. The number of aliphatic hydroxyl groups excluding tert-OH is 2. The van der Waals surface area contributed by atoms with E-state index in [1.807, 2.05) is 6.92 Å². The number of hydrogen-bond acceptors (Lipinski definition) is 4. The van der Waals surface area contributed by atoms with Crippen LogP contribution in [0.1, 0.15) is 84.0 Å². The van der Waals surface area contributed by atoms with Gasteiger partial charge in [-0.1, -0.05) is 64.4 Å². The summed E-state index contributed by atoms with van der Waals surface area (Å²) in [5.41, 5.74) is 0. The van der Waals surface area contributed by atoms with Crippen LogP contribution < -0.4 is 0 Å². The summed E-state index contributed by atoms with van der Waals surface area (Å²) in [6, 6.07) is 0. The first-order chi connectivity index (χ1) is 12.0.